The van der Waals surface area contributed by atoms with Gasteiger partial charge in [0.2, 0.25) is 13.1 Å². The second-order valence-electron chi connectivity index (χ2n) is 7.69. The van der Waals surface area contributed by atoms with Crippen molar-refractivity contribution < 1.29 is 28.8 Å². The molecule has 1 fully saturated rings. The van der Waals surface area contributed by atoms with Gasteiger partial charge in [-0.1, -0.05) is 6.07 Å². The molecule has 7 heteroatoms. The average molecular weight is 403 g/mol. The number of nitrogens with zero attached hydrogens (tertiary/aromatic N) is 1. The number of ether oxygens (including phenoxy) is 4. The maximum absolute atomic E-state index is 13.0. The van der Waals surface area contributed by atoms with Gasteiger partial charge in [-0.2, -0.15) is 0 Å². The van der Waals surface area contributed by atoms with Gasteiger partial charge in [0, 0.05) is 32.0 Å². The van der Waals surface area contributed by atoms with E-state index in [-0.39, 0.29) is 25.2 Å². The third kappa shape index (κ3) is 4.85. The zero-order valence-corrected chi connectivity index (χ0v) is 16.7. The third-order valence-corrected chi connectivity index (χ3v) is 5.59. The number of aliphatic hydroxyl groups is 1. The molecule has 0 bridgehead atoms. The molecule has 0 aromatic heterocycles. The fourth-order valence-electron chi connectivity index (χ4n) is 3.97. The summed E-state index contributed by atoms with van der Waals surface area (Å²) in [7, 11) is 0. The first-order chi connectivity index (χ1) is 14.2. The minimum absolute atomic E-state index is 0.00941. The Morgan fingerprint density at radius 1 is 1.14 bits per heavy atom. The lowest BCUT2D eigenvalue weighted by Crippen LogP contribution is -2.39. The number of allylic oxidation sites excluding steroid dienone is 1. The summed E-state index contributed by atoms with van der Waals surface area (Å²) in [6, 6.07) is 5.89. The van der Waals surface area contributed by atoms with Crippen LogP contribution in [-0.2, 0) is 14.3 Å². The SMILES string of the molecule is O=C(C1=C[C@H](c2ccc3c(c2)OCO3)C[C@H](OCCCCO)O1)N1CCCCC1. The maximum atomic E-state index is 13.0. The first-order valence-electron chi connectivity index (χ1n) is 10.5. The van der Waals surface area contributed by atoms with Crippen LogP contribution in [0.15, 0.2) is 30.0 Å². The average Bonchev–Trinajstić information content (AvgIpc) is 3.24. The Bertz CT molecular complexity index is 743. The highest BCUT2D eigenvalue weighted by Gasteiger charge is 2.32. The van der Waals surface area contributed by atoms with Crippen molar-refractivity contribution >= 4 is 5.91 Å². The van der Waals surface area contributed by atoms with Gasteiger partial charge < -0.3 is 29.0 Å². The molecule has 2 atom stereocenters. The summed E-state index contributed by atoms with van der Waals surface area (Å²) in [5.74, 6) is 1.77. The number of rotatable bonds is 7. The van der Waals surface area contributed by atoms with E-state index in [1.807, 2.05) is 29.2 Å². The molecule has 7 nitrogen and oxygen atoms in total. The molecule has 0 saturated carbocycles. The van der Waals surface area contributed by atoms with E-state index in [0.717, 1.165) is 49.4 Å². The van der Waals surface area contributed by atoms with Crippen LogP contribution in [0.4, 0.5) is 0 Å². The van der Waals surface area contributed by atoms with Crippen molar-refractivity contribution in [2.24, 2.45) is 0 Å². The van der Waals surface area contributed by atoms with Gasteiger partial charge in [0.25, 0.3) is 5.91 Å². The van der Waals surface area contributed by atoms with Gasteiger partial charge in [-0.25, -0.2) is 0 Å². The number of unbranched alkanes of at least 4 members (excludes halogenated alkanes) is 1. The van der Waals surface area contributed by atoms with Crippen molar-refractivity contribution in [1.29, 1.82) is 0 Å². The second-order valence-corrected chi connectivity index (χ2v) is 7.69. The van der Waals surface area contributed by atoms with Crippen LogP contribution < -0.4 is 9.47 Å². The standard InChI is InChI=1S/C22H29NO6/c24-10-4-5-11-26-21-14-17(16-6-7-18-19(12-16)28-15-27-18)13-20(29-21)22(25)23-8-2-1-3-9-23/h6-7,12-13,17,21,24H,1-5,8-11,14-15H2/t17-,21+/m0/s1. The van der Waals surface area contributed by atoms with Crippen molar-refractivity contribution in [3.8, 4) is 11.5 Å². The Kier molecular flexibility index (Phi) is 6.56. The van der Waals surface area contributed by atoms with Gasteiger partial charge >= 0.3 is 0 Å². The van der Waals surface area contributed by atoms with Crippen molar-refractivity contribution in [3.05, 3.63) is 35.6 Å². The molecule has 0 unspecified atom stereocenters. The van der Waals surface area contributed by atoms with Gasteiger partial charge in [-0.3, -0.25) is 4.79 Å². The van der Waals surface area contributed by atoms with Crippen LogP contribution in [0.2, 0.25) is 0 Å². The summed E-state index contributed by atoms with van der Waals surface area (Å²) < 4.78 is 22.8. The van der Waals surface area contributed by atoms with Crippen LogP contribution in [-0.4, -0.2) is 55.3 Å². The molecule has 0 radical (unpaired) electrons. The molecule has 3 aliphatic rings. The summed E-state index contributed by atoms with van der Waals surface area (Å²) >= 11 is 0. The smallest absolute Gasteiger partial charge is 0.288 e. The minimum atomic E-state index is -0.488. The fraction of sp³-hybridized carbons (Fsp3) is 0.591. The number of likely N-dealkylation sites (tertiary alicyclic amines) is 1. The molecule has 0 spiro atoms. The van der Waals surface area contributed by atoms with Crippen LogP contribution in [0.5, 0.6) is 11.5 Å². The molecule has 4 rings (SSSR count). The Labute approximate surface area is 171 Å². The van der Waals surface area contributed by atoms with E-state index in [0.29, 0.717) is 25.2 Å². The molecule has 1 amide bonds. The quantitative estimate of drug-likeness (QED) is 0.706. The zero-order valence-electron chi connectivity index (χ0n) is 16.7. The Morgan fingerprint density at radius 2 is 1.97 bits per heavy atom. The molecule has 158 valence electrons. The molecule has 0 aliphatic carbocycles. The number of hydrogen-bond acceptors (Lipinski definition) is 6. The van der Waals surface area contributed by atoms with Crippen LogP contribution in [0.25, 0.3) is 0 Å². The van der Waals surface area contributed by atoms with Gasteiger partial charge in [0.1, 0.15) is 0 Å². The number of benzene rings is 1. The number of carbonyl (C=O) groups excluding carboxylic acids is 1. The summed E-state index contributed by atoms with van der Waals surface area (Å²) in [5, 5.41) is 8.96. The molecule has 29 heavy (non-hydrogen) atoms. The van der Waals surface area contributed by atoms with Crippen molar-refractivity contribution in [2.45, 2.75) is 50.7 Å². The van der Waals surface area contributed by atoms with Crippen LogP contribution in [0.3, 0.4) is 0 Å². The Balaban J connectivity index is 1.52. The Morgan fingerprint density at radius 3 is 2.79 bits per heavy atom. The number of amides is 1. The van der Waals surface area contributed by atoms with Gasteiger partial charge in [0.15, 0.2) is 17.3 Å². The van der Waals surface area contributed by atoms with Gasteiger partial charge in [-0.15, -0.1) is 0 Å². The molecular weight excluding hydrogens is 374 g/mol. The van der Waals surface area contributed by atoms with E-state index in [1.54, 1.807) is 0 Å². The van der Waals surface area contributed by atoms with Crippen molar-refractivity contribution in [1.82, 2.24) is 4.90 Å². The van der Waals surface area contributed by atoms with Gasteiger partial charge in [0.05, 0.1) is 6.61 Å². The Hall–Kier alpha value is -2.25. The lowest BCUT2D eigenvalue weighted by atomic mass is 9.92. The monoisotopic (exact) mass is 403 g/mol. The normalized spacial score (nSPS) is 23.5. The summed E-state index contributed by atoms with van der Waals surface area (Å²) in [6.07, 6.45) is 6.73. The minimum Gasteiger partial charge on any atom is -0.459 e. The maximum Gasteiger partial charge on any atom is 0.288 e. The zero-order chi connectivity index (χ0) is 20.1. The number of hydrogen-bond donors (Lipinski definition) is 1. The molecule has 1 aromatic rings. The molecular formula is C22H29NO6. The van der Waals surface area contributed by atoms with Crippen LogP contribution in [0, 0.1) is 0 Å². The summed E-state index contributed by atoms with van der Waals surface area (Å²) in [6.45, 7) is 2.42. The van der Waals surface area contributed by atoms with E-state index in [1.165, 1.54) is 6.42 Å². The number of fused-ring (bicyclic) bond motifs is 1. The first kappa shape index (κ1) is 20.0. The van der Waals surface area contributed by atoms with Crippen molar-refractivity contribution in [2.75, 3.05) is 33.1 Å². The topological polar surface area (TPSA) is 77.5 Å². The highest BCUT2D eigenvalue weighted by atomic mass is 16.7. The largest absolute Gasteiger partial charge is 0.459 e. The van der Waals surface area contributed by atoms with E-state index < -0.39 is 6.29 Å². The van der Waals surface area contributed by atoms with E-state index in [9.17, 15) is 4.79 Å². The van der Waals surface area contributed by atoms with E-state index >= 15 is 0 Å². The summed E-state index contributed by atoms with van der Waals surface area (Å²) in [5.41, 5.74) is 1.05. The highest BCUT2D eigenvalue weighted by Crippen LogP contribution is 2.38. The number of piperidine rings is 1. The third-order valence-electron chi connectivity index (χ3n) is 5.59. The summed E-state index contributed by atoms with van der Waals surface area (Å²) in [4.78, 5) is 14.9. The van der Waals surface area contributed by atoms with Crippen LogP contribution >= 0.6 is 0 Å². The lowest BCUT2D eigenvalue weighted by Gasteiger charge is -2.33. The highest BCUT2D eigenvalue weighted by molar-refractivity contribution is 5.91. The molecule has 1 N–H and O–H groups in total. The van der Waals surface area contributed by atoms with Crippen LogP contribution in [0.1, 0.15) is 50.0 Å². The first-order valence-corrected chi connectivity index (χ1v) is 10.5. The van der Waals surface area contributed by atoms with E-state index in [4.69, 9.17) is 24.1 Å². The van der Waals surface area contributed by atoms with Gasteiger partial charge in [-0.05, 0) is 55.9 Å². The predicted octanol–water partition coefficient (Wildman–Crippen LogP) is 2.93. The molecule has 3 heterocycles. The van der Waals surface area contributed by atoms with E-state index in [2.05, 4.69) is 0 Å². The molecule has 1 aromatic carbocycles. The molecule has 1 saturated heterocycles. The lowest BCUT2D eigenvalue weighted by molar-refractivity contribution is -0.153. The predicted molar refractivity (Wildman–Crippen MR) is 106 cm³/mol. The molecule has 3 aliphatic heterocycles. The van der Waals surface area contributed by atoms with Crippen molar-refractivity contribution in [3.63, 3.8) is 0 Å². The number of aliphatic hydroxyl groups excluding tert-OH is 1. The number of carbonyl (C=O) groups is 1. The fourth-order valence-corrected chi connectivity index (χ4v) is 3.97. The second kappa shape index (κ2) is 9.50.